The Morgan fingerprint density at radius 2 is 1.54 bits per heavy atom. The van der Waals surface area contributed by atoms with Gasteiger partial charge in [-0.1, -0.05) is 24.3 Å². The smallest absolute Gasteiger partial charge is 0.408 e. The second kappa shape index (κ2) is 9.39. The lowest BCUT2D eigenvalue weighted by Crippen LogP contribution is -2.44. The summed E-state index contributed by atoms with van der Waals surface area (Å²) in [6.07, 6.45) is 2.28. The van der Waals surface area contributed by atoms with Crippen LogP contribution in [0.15, 0.2) is 30.3 Å². The van der Waals surface area contributed by atoms with Crippen molar-refractivity contribution in [2.75, 3.05) is 0 Å². The predicted octanol–water partition coefficient (Wildman–Crippen LogP) is 3.56. The number of benzene rings is 1. The molecule has 0 heterocycles. The van der Waals surface area contributed by atoms with Gasteiger partial charge in [0.25, 0.3) is 0 Å². The Morgan fingerprint density at radius 1 is 1.00 bits per heavy atom. The first kappa shape index (κ1) is 23.2. The summed E-state index contributed by atoms with van der Waals surface area (Å²) in [5.74, 6) is -1.59. The van der Waals surface area contributed by atoms with Crippen molar-refractivity contribution in [2.24, 2.45) is 0 Å². The van der Waals surface area contributed by atoms with Crippen LogP contribution < -0.4 is 5.32 Å². The third-order valence-electron chi connectivity index (χ3n) is 3.23. The molecule has 154 valence electrons. The summed E-state index contributed by atoms with van der Waals surface area (Å²) in [4.78, 5) is 34.9. The summed E-state index contributed by atoms with van der Waals surface area (Å²) >= 11 is 0. The molecule has 1 atom stereocenters. The van der Waals surface area contributed by atoms with E-state index in [1.807, 2.05) is 0 Å². The number of carboxylic acids is 1. The minimum absolute atomic E-state index is 0.102. The highest BCUT2D eigenvalue weighted by Crippen LogP contribution is 2.12. The van der Waals surface area contributed by atoms with Gasteiger partial charge in [0.2, 0.25) is 0 Å². The zero-order valence-corrected chi connectivity index (χ0v) is 17.2. The Hall–Kier alpha value is -2.83. The van der Waals surface area contributed by atoms with E-state index in [0.717, 1.165) is 11.1 Å². The molecule has 0 saturated carbocycles. The molecule has 1 aromatic rings. The summed E-state index contributed by atoms with van der Waals surface area (Å²) in [6.45, 7) is 10.5. The summed E-state index contributed by atoms with van der Waals surface area (Å²) in [5.41, 5.74) is 0.215. The highest BCUT2D eigenvalue weighted by molar-refractivity contribution is 5.87. The summed E-state index contributed by atoms with van der Waals surface area (Å²) in [6, 6.07) is 5.87. The molecule has 1 aromatic carbocycles. The Morgan fingerprint density at radius 3 is 2.00 bits per heavy atom. The molecule has 0 aliphatic carbocycles. The fourth-order valence-electron chi connectivity index (χ4n) is 2.15. The van der Waals surface area contributed by atoms with Crippen LogP contribution in [-0.4, -0.2) is 40.4 Å². The number of esters is 1. The number of carboxylic acid groups (broad SMARTS) is 1. The molecule has 28 heavy (non-hydrogen) atoms. The normalized spacial score (nSPS) is 13.1. The number of nitrogens with one attached hydrogen (secondary N) is 1. The molecular weight excluding hydrogens is 362 g/mol. The predicted molar refractivity (Wildman–Crippen MR) is 106 cm³/mol. The van der Waals surface area contributed by atoms with Crippen LogP contribution in [0.1, 0.15) is 52.7 Å². The topological polar surface area (TPSA) is 102 Å². The largest absolute Gasteiger partial charge is 0.480 e. The first-order valence-electron chi connectivity index (χ1n) is 8.97. The Labute approximate surface area is 165 Å². The van der Waals surface area contributed by atoms with Crippen LogP contribution in [0.3, 0.4) is 0 Å². The zero-order valence-electron chi connectivity index (χ0n) is 17.2. The van der Waals surface area contributed by atoms with Gasteiger partial charge in [0.1, 0.15) is 17.2 Å². The van der Waals surface area contributed by atoms with E-state index in [2.05, 4.69) is 5.32 Å². The number of hydrogen-bond donors (Lipinski definition) is 2. The fraction of sp³-hybridized carbons (Fsp3) is 0.476. The molecule has 1 rings (SSSR count). The number of aliphatic carboxylic acids is 1. The first-order valence-corrected chi connectivity index (χ1v) is 8.97. The number of ether oxygens (including phenoxy) is 2. The van der Waals surface area contributed by atoms with Crippen molar-refractivity contribution in [1.82, 2.24) is 5.32 Å². The van der Waals surface area contributed by atoms with Gasteiger partial charge in [-0.2, -0.15) is 0 Å². The van der Waals surface area contributed by atoms with Crippen LogP contribution in [0.5, 0.6) is 0 Å². The van der Waals surface area contributed by atoms with Gasteiger partial charge in [0.15, 0.2) is 0 Å². The van der Waals surface area contributed by atoms with Gasteiger partial charge in [-0.25, -0.2) is 14.4 Å². The standard InChI is InChI=1S/C21H29NO6/c1-20(2,3)27-17(23)12-11-14-7-9-15(10-8-14)13-16(18(24)25)22-19(26)28-21(4,5)6/h7-12,16H,13H2,1-6H3,(H,22,26)(H,24,25). The fourth-order valence-corrected chi connectivity index (χ4v) is 2.15. The van der Waals surface area contributed by atoms with Crippen molar-refractivity contribution in [3.8, 4) is 0 Å². The average molecular weight is 391 g/mol. The molecule has 1 unspecified atom stereocenters. The van der Waals surface area contributed by atoms with E-state index in [4.69, 9.17) is 9.47 Å². The molecule has 7 heteroatoms. The van der Waals surface area contributed by atoms with E-state index < -0.39 is 35.3 Å². The molecule has 0 aliphatic heterocycles. The number of carbonyl (C=O) groups is 3. The van der Waals surface area contributed by atoms with Gasteiger partial charge in [-0.05, 0) is 58.7 Å². The van der Waals surface area contributed by atoms with Crippen LogP contribution in [0, 0.1) is 0 Å². The van der Waals surface area contributed by atoms with Crippen LogP contribution in [0.25, 0.3) is 6.08 Å². The highest BCUT2D eigenvalue weighted by atomic mass is 16.6. The SMILES string of the molecule is CC(C)(C)OC(=O)C=Cc1ccc(CC(NC(=O)OC(C)(C)C)C(=O)O)cc1. The molecule has 1 amide bonds. The molecule has 7 nitrogen and oxygen atoms in total. The van der Waals surface area contributed by atoms with Gasteiger partial charge in [-0.3, -0.25) is 0 Å². The monoisotopic (exact) mass is 391 g/mol. The lowest BCUT2D eigenvalue weighted by atomic mass is 10.0. The van der Waals surface area contributed by atoms with Crippen molar-refractivity contribution in [1.29, 1.82) is 0 Å². The van der Waals surface area contributed by atoms with Gasteiger partial charge < -0.3 is 19.9 Å². The second-order valence-electron chi connectivity index (χ2n) is 8.35. The van der Waals surface area contributed by atoms with Gasteiger partial charge >= 0.3 is 18.0 Å². The van der Waals surface area contributed by atoms with Crippen molar-refractivity contribution in [3.05, 3.63) is 41.5 Å². The van der Waals surface area contributed by atoms with E-state index >= 15 is 0 Å². The Kier molecular flexibility index (Phi) is 7.78. The molecule has 0 radical (unpaired) electrons. The molecule has 0 saturated heterocycles. The summed E-state index contributed by atoms with van der Waals surface area (Å²) < 4.78 is 10.3. The second-order valence-corrected chi connectivity index (χ2v) is 8.35. The van der Waals surface area contributed by atoms with Crippen LogP contribution >= 0.6 is 0 Å². The van der Waals surface area contributed by atoms with Crippen LogP contribution in [-0.2, 0) is 25.5 Å². The van der Waals surface area contributed by atoms with E-state index in [-0.39, 0.29) is 6.42 Å². The number of amides is 1. The number of hydrogen-bond acceptors (Lipinski definition) is 5. The van der Waals surface area contributed by atoms with Crippen molar-refractivity contribution < 1.29 is 29.0 Å². The van der Waals surface area contributed by atoms with E-state index in [0.29, 0.717) is 0 Å². The number of alkyl carbamates (subject to hydrolysis) is 1. The Bertz CT molecular complexity index is 723. The molecular formula is C21H29NO6. The van der Waals surface area contributed by atoms with E-state index in [9.17, 15) is 19.5 Å². The lowest BCUT2D eigenvalue weighted by Gasteiger charge is -2.22. The third kappa shape index (κ3) is 9.75. The number of carbonyl (C=O) groups excluding carboxylic acids is 2. The average Bonchev–Trinajstić information content (AvgIpc) is 2.50. The maximum atomic E-state index is 11.8. The molecule has 0 bridgehead atoms. The van der Waals surface area contributed by atoms with Crippen molar-refractivity contribution in [2.45, 2.75) is 65.2 Å². The maximum absolute atomic E-state index is 11.8. The van der Waals surface area contributed by atoms with Crippen LogP contribution in [0.2, 0.25) is 0 Å². The molecule has 0 spiro atoms. The quantitative estimate of drug-likeness (QED) is 0.568. The first-order chi connectivity index (χ1) is 12.7. The minimum Gasteiger partial charge on any atom is -0.480 e. The van der Waals surface area contributed by atoms with E-state index in [1.54, 1.807) is 71.9 Å². The van der Waals surface area contributed by atoms with Gasteiger partial charge in [-0.15, -0.1) is 0 Å². The zero-order chi connectivity index (χ0) is 21.5. The highest BCUT2D eigenvalue weighted by Gasteiger charge is 2.24. The lowest BCUT2D eigenvalue weighted by molar-refractivity contribution is -0.148. The van der Waals surface area contributed by atoms with Gasteiger partial charge in [0, 0.05) is 12.5 Å². The maximum Gasteiger partial charge on any atom is 0.408 e. The number of rotatable bonds is 6. The molecule has 0 aromatic heterocycles. The van der Waals surface area contributed by atoms with Gasteiger partial charge in [0.05, 0.1) is 0 Å². The Balaban J connectivity index is 2.71. The van der Waals surface area contributed by atoms with Crippen molar-refractivity contribution >= 4 is 24.1 Å². The molecule has 2 N–H and O–H groups in total. The minimum atomic E-state index is -1.15. The summed E-state index contributed by atoms with van der Waals surface area (Å²) in [7, 11) is 0. The summed E-state index contributed by atoms with van der Waals surface area (Å²) in [5, 5.41) is 11.7. The van der Waals surface area contributed by atoms with E-state index in [1.165, 1.54) is 6.08 Å². The third-order valence-corrected chi connectivity index (χ3v) is 3.23. The molecule has 0 aliphatic rings. The van der Waals surface area contributed by atoms with Crippen molar-refractivity contribution in [3.63, 3.8) is 0 Å². The molecule has 0 fully saturated rings. The van der Waals surface area contributed by atoms with Crippen LogP contribution in [0.4, 0.5) is 4.79 Å².